The summed E-state index contributed by atoms with van der Waals surface area (Å²) in [6.45, 7) is 8.05. The van der Waals surface area contributed by atoms with E-state index in [1.165, 1.54) is 15.9 Å². The molecule has 0 aromatic heterocycles. The maximum atomic E-state index is 14.7. The summed E-state index contributed by atoms with van der Waals surface area (Å²) in [6, 6.07) is 10.8. The Bertz CT molecular complexity index is 2010. The van der Waals surface area contributed by atoms with Gasteiger partial charge in [-0.25, -0.2) is 17.6 Å². The summed E-state index contributed by atoms with van der Waals surface area (Å²) in [5.74, 6) is -2.63. The van der Waals surface area contributed by atoms with Crippen LogP contribution < -0.4 is 15.4 Å². The largest absolute Gasteiger partial charge is 0.444 e. The minimum Gasteiger partial charge on any atom is -0.444 e. The molecule has 5 aliphatic rings. The molecule has 0 bridgehead atoms. The first-order valence-electron chi connectivity index (χ1n) is 19.4. The predicted octanol–water partition coefficient (Wildman–Crippen LogP) is 5.42. The first-order valence-corrected chi connectivity index (χ1v) is 20.9. The van der Waals surface area contributed by atoms with Crippen LogP contribution in [0.15, 0.2) is 54.6 Å². The number of carbonyl (C=O) groups excluding carboxylic acids is 4. The highest BCUT2D eigenvalue weighted by molar-refractivity contribution is 7.91. The summed E-state index contributed by atoms with van der Waals surface area (Å²) in [4.78, 5) is 59.3. The molecule has 296 valence electrons. The molecule has 5 atom stereocenters. The first kappa shape index (κ1) is 38.8. The smallest absolute Gasteiger partial charge is 0.410 e. The van der Waals surface area contributed by atoms with E-state index in [1.54, 1.807) is 19.1 Å². The molecule has 1 saturated heterocycles. The Balaban J connectivity index is 1.16. The second kappa shape index (κ2) is 14.6. The average Bonchev–Trinajstić information content (AvgIpc) is 3.92. The van der Waals surface area contributed by atoms with Crippen molar-refractivity contribution >= 4 is 39.5 Å². The summed E-state index contributed by atoms with van der Waals surface area (Å²) in [5.41, 5.74) is 1.30. The summed E-state index contributed by atoms with van der Waals surface area (Å²) < 4.78 is 48.0. The Labute approximate surface area is 322 Å². The fourth-order valence-electron chi connectivity index (χ4n) is 7.95. The zero-order valence-corrected chi connectivity index (χ0v) is 32.8. The first-order chi connectivity index (χ1) is 26.0. The van der Waals surface area contributed by atoms with Crippen LogP contribution in [0.25, 0.3) is 0 Å². The van der Waals surface area contributed by atoms with Gasteiger partial charge in [0.25, 0.3) is 5.91 Å². The van der Waals surface area contributed by atoms with Crippen molar-refractivity contribution in [3.63, 3.8) is 0 Å². The molecule has 3 fully saturated rings. The highest BCUT2D eigenvalue weighted by atomic mass is 32.2. The summed E-state index contributed by atoms with van der Waals surface area (Å²) >= 11 is 0. The van der Waals surface area contributed by atoms with E-state index >= 15 is 0 Å². The van der Waals surface area contributed by atoms with Gasteiger partial charge < -0.3 is 20.3 Å². The second-order valence-electron chi connectivity index (χ2n) is 17.2. The van der Waals surface area contributed by atoms with E-state index in [0.717, 1.165) is 36.9 Å². The lowest BCUT2D eigenvalue weighted by Crippen LogP contribution is -2.58. The molecule has 3 N–H and O–H groups in total. The number of benzene rings is 2. The fourth-order valence-corrected chi connectivity index (χ4v) is 9.26. The number of halogens is 1. The van der Waals surface area contributed by atoms with E-state index in [2.05, 4.69) is 36.1 Å². The lowest BCUT2D eigenvalue weighted by atomic mass is 9.87. The highest BCUT2D eigenvalue weighted by Crippen LogP contribution is 2.47. The number of rotatable bonds is 6. The number of allylic oxidation sites excluding steroid dienone is 1. The zero-order valence-electron chi connectivity index (χ0n) is 32.0. The minimum atomic E-state index is -3.99. The van der Waals surface area contributed by atoms with Gasteiger partial charge in [-0.1, -0.05) is 70.0 Å². The van der Waals surface area contributed by atoms with Crippen molar-refractivity contribution in [2.75, 3.05) is 11.9 Å². The molecule has 2 aliphatic carbocycles. The number of carbonyl (C=O) groups is 4. The SMILES string of the molecule is CC(C)(C)c1cccc(N[C@H]2CCCCC/C=C\[C@@H]3C[C@@]3(C(=O)NS(=O)(=O)C3(C)CC3)NC(=O)[C@@H]3C[C@@H](OC(=O)N4Cc5cccc(F)c5C4)CN3C2=O)c1. The Hall–Kier alpha value is -4.46. The number of hydrogen-bond acceptors (Lipinski definition) is 8. The maximum Gasteiger partial charge on any atom is 0.410 e. The van der Waals surface area contributed by atoms with Crippen LogP contribution in [0.4, 0.5) is 14.9 Å². The third kappa shape index (κ3) is 7.97. The van der Waals surface area contributed by atoms with Crippen molar-refractivity contribution in [3.8, 4) is 0 Å². The van der Waals surface area contributed by atoms with Gasteiger partial charge in [-0.05, 0) is 80.2 Å². The number of hydrogen-bond donors (Lipinski definition) is 3. The van der Waals surface area contributed by atoms with Crippen molar-refractivity contribution in [2.24, 2.45) is 5.92 Å². The van der Waals surface area contributed by atoms with Crippen LogP contribution in [0.1, 0.15) is 102 Å². The molecule has 0 radical (unpaired) electrons. The summed E-state index contributed by atoms with van der Waals surface area (Å²) in [6.07, 6.45) is 6.95. The molecule has 2 aromatic rings. The molecule has 2 aromatic carbocycles. The molecular formula is C41H52FN5O7S. The Morgan fingerprint density at radius 2 is 1.80 bits per heavy atom. The van der Waals surface area contributed by atoms with Gasteiger partial charge in [0.05, 0.1) is 17.8 Å². The van der Waals surface area contributed by atoms with Crippen molar-refractivity contribution in [1.29, 1.82) is 0 Å². The number of fused-ring (bicyclic) bond motifs is 3. The fraction of sp³-hybridized carbons (Fsp3) is 0.561. The molecule has 55 heavy (non-hydrogen) atoms. The van der Waals surface area contributed by atoms with Gasteiger partial charge in [0.2, 0.25) is 21.8 Å². The van der Waals surface area contributed by atoms with Crippen molar-refractivity contribution < 1.29 is 36.7 Å². The third-order valence-electron chi connectivity index (χ3n) is 12.0. The standard InChI is InChI=1S/C41H52FN5O7S/c1-39(2,3)27-14-11-15-29(20-27)43-33-17-9-7-5-6-8-13-28-22-41(28,37(50)45-55(52,53)40(4)18-19-40)44-35(48)34-21-30(24-47(34)36(33)49)54-38(51)46-23-26-12-10-16-32(42)31(26)25-46/h8,10-16,20,28,30,33-34,43H,5-7,9,17-19,21-25H2,1-4H3,(H,44,48)(H,45,50)/b13-8-/t28-,30-,33+,34+,41-/m1/s1. The number of nitrogens with one attached hydrogen (secondary N) is 3. The average molecular weight is 778 g/mol. The molecule has 12 nitrogen and oxygen atoms in total. The van der Waals surface area contributed by atoms with E-state index < -0.39 is 68.1 Å². The lowest BCUT2D eigenvalue weighted by molar-refractivity contribution is -0.140. The Morgan fingerprint density at radius 1 is 1.04 bits per heavy atom. The van der Waals surface area contributed by atoms with Crippen LogP contribution in [0.2, 0.25) is 0 Å². The second-order valence-corrected chi connectivity index (χ2v) is 19.4. The van der Waals surface area contributed by atoms with Crippen LogP contribution >= 0.6 is 0 Å². The van der Waals surface area contributed by atoms with Crippen LogP contribution in [0.3, 0.4) is 0 Å². The van der Waals surface area contributed by atoms with Gasteiger partial charge in [-0.3, -0.25) is 24.0 Å². The number of anilines is 1. The van der Waals surface area contributed by atoms with Crippen LogP contribution in [0.5, 0.6) is 0 Å². The van der Waals surface area contributed by atoms with Gasteiger partial charge in [0.1, 0.15) is 29.5 Å². The van der Waals surface area contributed by atoms with Gasteiger partial charge in [-0.15, -0.1) is 0 Å². The Morgan fingerprint density at radius 3 is 2.53 bits per heavy atom. The van der Waals surface area contributed by atoms with Gasteiger partial charge in [-0.2, -0.15) is 0 Å². The van der Waals surface area contributed by atoms with E-state index in [0.29, 0.717) is 30.4 Å². The number of amides is 4. The van der Waals surface area contributed by atoms with E-state index in [-0.39, 0.29) is 43.8 Å². The third-order valence-corrected chi connectivity index (χ3v) is 14.2. The van der Waals surface area contributed by atoms with Gasteiger partial charge >= 0.3 is 6.09 Å². The summed E-state index contributed by atoms with van der Waals surface area (Å²) in [7, 11) is -3.99. The lowest BCUT2D eigenvalue weighted by Gasteiger charge is -2.30. The topological polar surface area (TPSA) is 154 Å². The monoisotopic (exact) mass is 777 g/mol. The predicted molar refractivity (Wildman–Crippen MR) is 204 cm³/mol. The quantitative estimate of drug-likeness (QED) is 0.329. The molecule has 3 heterocycles. The highest BCUT2D eigenvalue weighted by Gasteiger charge is 2.63. The van der Waals surface area contributed by atoms with E-state index in [9.17, 15) is 32.0 Å². The van der Waals surface area contributed by atoms with Crippen molar-refractivity contribution in [2.45, 2.75) is 132 Å². The van der Waals surface area contributed by atoms with Gasteiger partial charge in [0.15, 0.2) is 0 Å². The van der Waals surface area contributed by atoms with Crippen LogP contribution in [-0.2, 0) is 47.6 Å². The normalized spacial score (nSPS) is 28.4. The number of ether oxygens (including phenoxy) is 1. The zero-order chi connectivity index (χ0) is 39.3. The molecule has 3 aliphatic heterocycles. The van der Waals surface area contributed by atoms with Gasteiger partial charge in [0, 0.05) is 30.1 Å². The molecule has 2 saturated carbocycles. The molecule has 7 rings (SSSR count). The maximum absolute atomic E-state index is 14.7. The molecule has 14 heteroatoms. The van der Waals surface area contributed by atoms with E-state index in [4.69, 9.17) is 4.74 Å². The molecule has 0 unspecified atom stereocenters. The Kier molecular flexibility index (Phi) is 10.3. The molecule has 0 spiro atoms. The van der Waals surface area contributed by atoms with Crippen molar-refractivity contribution in [1.82, 2.24) is 19.8 Å². The van der Waals surface area contributed by atoms with Crippen molar-refractivity contribution in [3.05, 3.63) is 77.1 Å². The van der Waals surface area contributed by atoms with E-state index in [1.807, 2.05) is 36.4 Å². The number of nitrogens with zero attached hydrogens (tertiary/aromatic N) is 2. The number of sulfonamides is 1. The molecule has 4 amide bonds. The summed E-state index contributed by atoms with van der Waals surface area (Å²) in [5, 5.41) is 6.33. The molecular weight excluding hydrogens is 726 g/mol. The van der Waals surface area contributed by atoms with Crippen LogP contribution in [-0.4, -0.2) is 77.1 Å². The minimum absolute atomic E-state index is 0.0359. The van der Waals surface area contributed by atoms with Crippen LogP contribution in [0, 0.1) is 11.7 Å².